The summed E-state index contributed by atoms with van der Waals surface area (Å²) >= 11 is 5.94. The number of hydrazone groups is 2. The molecule has 10 heteroatoms. The van der Waals surface area contributed by atoms with Crippen molar-refractivity contribution in [3.63, 3.8) is 0 Å². The minimum atomic E-state index is -0.658. The molecule has 0 bridgehead atoms. The standard InChI is InChI=1S/C15H9ClN6O3/c16-8-3-4-10-11(6-8)19-14-12(18-10)20-22-15(25-14)13(23)21-17-7-9-2-1-5-24-9/h1-7H,(H,18,20)(H,21,23)/b17-7+. The number of amides is 1. The first-order valence-corrected chi connectivity index (χ1v) is 7.42. The van der Waals surface area contributed by atoms with Crippen molar-refractivity contribution >= 4 is 46.5 Å². The van der Waals surface area contributed by atoms with Gasteiger partial charge in [0.1, 0.15) is 5.76 Å². The SMILES string of the molecule is O=C(N/N=C/c1ccco1)C1=NNc2nc3ccc(Cl)cc3nc2O1. The van der Waals surface area contributed by atoms with Crippen molar-refractivity contribution in [3.8, 4) is 5.88 Å². The van der Waals surface area contributed by atoms with E-state index in [1.807, 2.05) is 0 Å². The van der Waals surface area contributed by atoms with Crippen LogP contribution in [0.2, 0.25) is 5.02 Å². The summed E-state index contributed by atoms with van der Waals surface area (Å²) in [5.74, 6) is -0.00593. The van der Waals surface area contributed by atoms with Crippen LogP contribution in [0.15, 0.2) is 51.2 Å². The molecule has 0 saturated heterocycles. The fraction of sp³-hybridized carbons (Fsp3) is 0. The quantitative estimate of drug-likeness (QED) is 0.549. The van der Waals surface area contributed by atoms with Crippen LogP contribution in [0, 0.1) is 0 Å². The zero-order valence-corrected chi connectivity index (χ0v) is 13.2. The number of hydrogen-bond donors (Lipinski definition) is 2. The number of halogens is 1. The normalized spacial score (nSPS) is 13.1. The Morgan fingerprint density at radius 1 is 1.28 bits per heavy atom. The number of furan rings is 1. The van der Waals surface area contributed by atoms with E-state index in [4.69, 9.17) is 20.8 Å². The summed E-state index contributed by atoms with van der Waals surface area (Å²) in [7, 11) is 0. The van der Waals surface area contributed by atoms with Crippen molar-refractivity contribution < 1.29 is 13.9 Å². The van der Waals surface area contributed by atoms with E-state index in [-0.39, 0.29) is 11.8 Å². The molecule has 2 aromatic heterocycles. The number of rotatable bonds is 3. The third-order valence-corrected chi connectivity index (χ3v) is 3.38. The van der Waals surface area contributed by atoms with Gasteiger partial charge in [0.25, 0.3) is 5.88 Å². The Bertz CT molecular complexity index is 1020. The van der Waals surface area contributed by atoms with Crippen molar-refractivity contribution in [1.29, 1.82) is 0 Å². The number of carbonyl (C=O) groups excluding carboxylic acids is 1. The lowest BCUT2D eigenvalue weighted by Gasteiger charge is -2.15. The first kappa shape index (κ1) is 15.1. The summed E-state index contributed by atoms with van der Waals surface area (Å²) in [5.41, 5.74) is 6.05. The van der Waals surface area contributed by atoms with E-state index >= 15 is 0 Å². The fourth-order valence-corrected chi connectivity index (χ4v) is 2.20. The zero-order valence-electron chi connectivity index (χ0n) is 12.4. The lowest BCUT2D eigenvalue weighted by atomic mass is 10.3. The molecule has 3 heterocycles. The highest BCUT2D eigenvalue weighted by Crippen LogP contribution is 2.27. The van der Waals surface area contributed by atoms with Crippen LogP contribution in [-0.4, -0.2) is 28.0 Å². The van der Waals surface area contributed by atoms with Gasteiger partial charge in [-0.2, -0.15) is 5.10 Å². The van der Waals surface area contributed by atoms with Gasteiger partial charge in [-0.15, -0.1) is 5.10 Å². The second kappa shape index (κ2) is 6.21. The van der Waals surface area contributed by atoms with Crippen molar-refractivity contribution in [2.75, 3.05) is 5.43 Å². The molecule has 1 aromatic carbocycles. The van der Waals surface area contributed by atoms with Gasteiger partial charge in [0.15, 0.2) is 0 Å². The molecule has 0 unspecified atom stereocenters. The van der Waals surface area contributed by atoms with Crippen LogP contribution in [0.5, 0.6) is 5.88 Å². The molecule has 1 aliphatic rings. The van der Waals surface area contributed by atoms with Gasteiger partial charge < -0.3 is 9.15 Å². The van der Waals surface area contributed by atoms with Gasteiger partial charge in [0.2, 0.25) is 5.82 Å². The summed E-state index contributed by atoms with van der Waals surface area (Å²) in [6, 6.07) is 8.46. The van der Waals surface area contributed by atoms with Crippen LogP contribution in [0.3, 0.4) is 0 Å². The minimum absolute atomic E-state index is 0.116. The van der Waals surface area contributed by atoms with Crippen molar-refractivity contribution in [3.05, 3.63) is 47.4 Å². The van der Waals surface area contributed by atoms with Gasteiger partial charge in [-0.3, -0.25) is 10.2 Å². The van der Waals surface area contributed by atoms with Gasteiger partial charge in [-0.25, -0.2) is 15.4 Å². The Balaban J connectivity index is 1.51. The monoisotopic (exact) mass is 356 g/mol. The number of benzene rings is 1. The molecule has 1 aliphatic heterocycles. The molecule has 0 saturated carbocycles. The number of nitrogens with zero attached hydrogens (tertiary/aromatic N) is 4. The van der Waals surface area contributed by atoms with E-state index in [1.165, 1.54) is 12.5 Å². The Kier molecular flexibility index (Phi) is 3.75. The van der Waals surface area contributed by atoms with Crippen LogP contribution in [0.4, 0.5) is 5.82 Å². The largest absolute Gasteiger partial charge is 0.463 e. The molecular weight excluding hydrogens is 348 g/mol. The predicted molar refractivity (Wildman–Crippen MR) is 90.7 cm³/mol. The maximum absolute atomic E-state index is 12.0. The van der Waals surface area contributed by atoms with Crippen molar-refractivity contribution in [2.24, 2.45) is 10.2 Å². The lowest BCUT2D eigenvalue weighted by molar-refractivity contribution is -0.115. The average molecular weight is 357 g/mol. The molecule has 124 valence electrons. The highest BCUT2D eigenvalue weighted by Gasteiger charge is 2.23. The summed E-state index contributed by atoms with van der Waals surface area (Å²) in [5, 5.41) is 8.08. The zero-order chi connectivity index (χ0) is 17.2. The smallest absolute Gasteiger partial charge is 0.328 e. The summed E-state index contributed by atoms with van der Waals surface area (Å²) in [6.07, 6.45) is 2.84. The van der Waals surface area contributed by atoms with E-state index in [1.54, 1.807) is 30.3 Å². The maximum atomic E-state index is 12.0. The van der Waals surface area contributed by atoms with Gasteiger partial charge >= 0.3 is 11.8 Å². The molecule has 25 heavy (non-hydrogen) atoms. The van der Waals surface area contributed by atoms with Gasteiger partial charge in [-0.1, -0.05) is 11.6 Å². The van der Waals surface area contributed by atoms with Gasteiger partial charge in [-0.05, 0) is 30.3 Å². The number of anilines is 1. The topological polar surface area (TPSA) is 114 Å². The minimum Gasteiger partial charge on any atom is -0.463 e. The number of aromatic nitrogens is 2. The summed E-state index contributed by atoms with van der Waals surface area (Å²) in [6.45, 7) is 0. The number of carbonyl (C=O) groups is 1. The van der Waals surface area contributed by atoms with Crippen LogP contribution >= 0.6 is 11.6 Å². The number of nitrogens with one attached hydrogen (secondary N) is 2. The van der Waals surface area contributed by atoms with E-state index in [9.17, 15) is 4.79 Å². The van der Waals surface area contributed by atoms with Gasteiger partial charge in [0, 0.05) is 5.02 Å². The average Bonchev–Trinajstić information content (AvgIpc) is 3.12. The third kappa shape index (κ3) is 3.12. The Labute approximate surface area is 145 Å². The molecule has 0 aliphatic carbocycles. The molecule has 9 nitrogen and oxygen atoms in total. The lowest BCUT2D eigenvalue weighted by Crippen LogP contribution is -2.34. The Morgan fingerprint density at radius 2 is 2.20 bits per heavy atom. The second-order valence-electron chi connectivity index (χ2n) is 4.86. The number of ether oxygens (including phenoxy) is 1. The number of fused-ring (bicyclic) bond motifs is 2. The Hall–Kier alpha value is -3.46. The predicted octanol–water partition coefficient (Wildman–Crippen LogP) is 2.14. The molecule has 0 radical (unpaired) electrons. The molecule has 2 N–H and O–H groups in total. The maximum Gasteiger partial charge on any atom is 0.328 e. The van der Waals surface area contributed by atoms with E-state index in [0.29, 0.717) is 27.6 Å². The summed E-state index contributed by atoms with van der Waals surface area (Å²) < 4.78 is 10.4. The number of hydrogen-bond acceptors (Lipinski definition) is 8. The molecule has 0 fully saturated rings. The van der Waals surface area contributed by atoms with Crippen LogP contribution in [0.1, 0.15) is 5.76 Å². The molecular formula is C15H9ClN6O3. The molecule has 4 rings (SSSR count). The van der Waals surface area contributed by atoms with Crippen molar-refractivity contribution in [2.45, 2.75) is 0 Å². The first-order chi connectivity index (χ1) is 12.2. The van der Waals surface area contributed by atoms with Gasteiger partial charge in [0.05, 0.1) is 23.5 Å². The van der Waals surface area contributed by atoms with Crippen LogP contribution in [-0.2, 0) is 4.79 Å². The van der Waals surface area contributed by atoms with E-state index in [0.717, 1.165) is 0 Å². The van der Waals surface area contributed by atoms with Crippen molar-refractivity contribution in [1.82, 2.24) is 15.4 Å². The van der Waals surface area contributed by atoms with E-state index in [2.05, 4.69) is 31.0 Å². The highest BCUT2D eigenvalue weighted by atomic mass is 35.5. The molecule has 0 spiro atoms. The molecule has 3 aromatic rings. The highest BCUT2D eigenvalue weighted by molar-refractivity contribution is 6.36. The van der Waals surface area contributed by atoms with Crippen LogP contribution < -0.4 is 15.6 Å². The second-order valence-corrected chi connectivity index (χ2v) is 5.29. The Morgan fingerprint density at radius 3 is 3.04 bits per heavy atom. The summed E-state index contributed by atoms with van der Waals surface area (Å²) in [4.78, 5) is 20.6. The fourth-order valence-electron chi connectivity index (χ4n) is 2.04. The van der Waals surface area contributed by atoms with E-state index < -0.39 is 5.91 Å². The first-order valence-electron chi connectivity index (χ1n) is 7.05. The third-order valence-electron chi connectivity index (χ3n) is 3.15. The van der Waals surface area contributed by atoms with Crippen LogP contribution in [0.25, 0.3) is 11.0 Å². The molecule has 0 atom stereocenters. The molecule has 1 amide bonds.